The standard InChI is InChI=1S/C21H15Cl2N3O/c22-14-3-1-4-15(23)19(14)20(21(24)27)18-6-2-5-17(26-18)12-7-8-16-13(11-12)9-10-25-16/h1-11,20,25H,(H2,24,27). The van der Waals surface area contributed by atoms with Gasteiger partial charge in [-0.25, -0.2) is 0 Å². The van der Waals surface area contributed by atoms with Crippen LogP contribution in [0.25, 0.3) is 22.2 Å². The van der Waals surface area contributed by atoms with E-state index in [1.54, 1.807) is 24.3 Å². The number of H-pyrrole nitrogens is 1. The summed E-state index contributed by atoms with van der Waals surface area (Å²) in [7, 11) is 0. The number of nitrogens with one attached hydrogen (secondary N) is 1. The molecule has 1 amide bonds. The second-order valence-corrected chi connectivity index (χ2v) is 7.01. The highest BCUT2D eigenvalue weighted by atomic mass is 35.5. The van der Waals surface area contributed by atoms with Crippen molar-refractivity contribution in [3.8, 4) is 11.3 Å². The van der Waals surface area contributed by atoms with Gasteiger partial charge in [-0.15, -0.1) is 0 Å². The lowest BCUT2D eigenvalue weighted by molar-refractivity contribution is -0.118. The van der Waals surface area contributed by atoms with Crippen LogP contribution in [-0.2, 0) is 4.79 Å². The fraction of sp³-hybridized carbons (Fsp3) is 0.0476. The van der Waals surface area contributed by atoms with E-state index in [2.05, 4.69) is 9.97 Å². The average Bonchev–Trinajstić information content (AvgIpc) is 3.12. The van der Waals surface area contributed by atoms with Crippen LogP contribution in [0.3, 0.4) is 0 Å². The molecule has 134 valence electrons. The Morgan fingerprint density at radius 3 is 2.48 bits per heavy atom. The number of pyridine rings is 1. The molecule has 0 bridgehead atoms. The van der Waals surface area contributed by atoms with E-state index in [9.17, 15) is 4.79 Å². The zero-order valence-corrected chi connectivity index (χ0v) is 15.6. The quantitative estimate of drug-likeness (QED) is 0.501. The molecule has 3 N–H and O–H groups in total. The van der Waals surface area contributed by atoms with Crippen molar-refractivity contribution in [2.45, 2.75) is 5.92 Å². The number of fused-ring (bicyclic) bond motifs is 1. The summed E-state index contributed by atoms with van der Waals surface area (Å²) in [4.78, 5) is 20.1. The van der Waals surface area contributed by atoms with Crippen LogP contribution in [-0.4, -0.2) is 15.9 Å². The van der Waals surface area contributed by atoms with E-state index in [0.717, 1.165) is 22.2 Å². The maximum absolute atomic E-state index is 12.3. The van der Waals surface area contributed by atoms with Crippen molar-refractivity contribution in [3.05, 3.63) is 88.2 Å². The Morgan fingerprint density at radius 1 is 1.00 bits per heavy atom. The van der Waals surface area contributed by atoms with Gasteiger partial charge in [0.25, 0.3) is 0 Å². The minimum Gasteiger partial charge on any atom is -0.369 e. The van der Waals surface area contributed by atoms with Gasteiger partial charge in [0, 0.05) is 38.3 Å². The summed E-state index contributed by atoms with van der Waals surface area (Å²) in [6.45, 7) is 0. The number of nitrogens with zero attached hydrogens (tertiary/aromatic N) is 1. The van der Waals surface area contributed by atoms with E-state index in [4.69, 9.17) is 28.9 Å². The van der Waals surface area contributed by atoms with Crippen LogP contribution in [0.2, 0.25) is 10.0 Å². The van der Waals surface area contributed by atoms with Gasteiger partial charge in [0.05, 0.1) is 11.4 Å². The Morgan fingerprint density at radius 2 is 1.74 bits per heavy atom. The number of carbonyl (C=O) groups excluding carboxylic acids is 1. The van der Waals surface area contributed by atoms with Gasteiger partial charge in [-0.05, 0) is 42.5 Å². The van der Waals surface area contributed by atoms with Gasteiger partial charge in [0.2, 0.25) is 5.91 Å². The molecule has 1 atom stereocenters. The van der Waals surface area contributed by atoms with Crippen LogP contribution in [0.4, 0.5) is 0 Å². The van der Waals surface area contributed by atoms with E-state index in [-0.39, 0.29) is 0 Å². The van der Waals surface area contributed by atoms with Gasteiger partial charge in [-0.3, -0.25) is 9.78 Å². The number of amides is 1. The van der Waals surface area contributed by atoms with Gasteiger partial charge in [0.15, 0.2) is 0 Å². The normalized spacial score (nSPS) is 12.2. The van der Waals surface area contributed by atoms with Gasteiger partial charge >= 0.3 is 0 Å². The summed E-state index contributed by atoms with van der Waals surface area (Å²) in [6.07, 6.45) is 1.89. The Balaban J connectivity index is 1.83. The third-order valence-electron chi connectivity index (χ3n) is 4.49. The summed E-state index contributed by atoms with van der Waals surface area (Å²) in [5.74, 6) is -1.39. The second kappa shape index (κ2) is 7.06. The second-order valence-electron chi connectivity index (χ2n) is 6.20. The van der Waals surface area contributed by atoms with E-state index in [0.29, 0.717) is 21.3 Å². The molecule has 0 spiro atoms. The first-order valence-corrected chi connectivity index (χ1v) is 9.08. The summed E-state index contributed by atoms with van der Waals surface area (Å²) >= 11 is 12.6. The van der Waals surface area contributed by atoms with Gasteiger partial charge in [-0.1, -0.05) is 41.4 Å². The van der Waals surface area contributed by atoms with E-state index < -0.39 is 11.8 Å². The molecule has 0 saturated heterocycles. The smallest absolute Gasteiger partial charge is 0.231 e. The lowest BCUT2D eigenvalue weighted by Gasteiger charge is -2.17. The Hall–Kier alpha value is -2.82. The minimum atomic E-state index is -0.831. The van der Waals surface area contributed by atoms with Gasteiger partial charge in [0.1, 0.15) is 5.92 Å². The molecule has 2 heterocycles. The SMILES string of the molecule is NC(=O)C(c1cccc(-c2ccc3[nH]ccc3c2)n1)c1c(Cl)cccc1Cl. The van der Waals surface area contributed by atoms with E-state index in [1.165, 1.54) is 0 Å². The Kier molecular flexibility index (Phi) is 4.60. The van der Waals surface area contributed by atoms with Crippen molar-refractivity contribution < 1.29 is 4.79 Å². The highest BCUT2D eigenvalue weighted by molar-refractivity contribution is 6.36. The summed E-state index contributed by atoms with van der Waals surface area (Å²) < 4.78 is 0. The number of halogens is 2. The van der Waals surface area contributed by atoms with Crippen LogP contribution in [0, 0.1) is 0 Å². The Bertz CT molecular complexity index is 1130. The summed E-state index contributed by atoms with van der Waals surface area (Å²) in [6, 6.07) is 18.6. The van der Waals surface area contributed by atoms with Gasteiger partial charge < -0.3 is 10.7 Å². The van der Waals surface area contributed by atoms with Crippen LogP contribution >= 0.6 is 23.2 Å². The fourth-order valence-corrected chi connectivity index (χ4v) is 3.82. The largest absolute Gasteiger partial charge is 0.369 e. The number of nitrogens with two attached hydrogens (primary N) is 1. The van der Waals surface area contributed by atoms with E-state index >= 15 is 0 Å². The number of hydrogen-bond acceptors (Lipinski definition) is 2. The molecule has 4 rings (SSSR count). The van der Waals surface area contributed by atoms with Crippen molar-refractivity contribution in [2.75, 3.05) is 0 Å². The van der Waals surface area contributed by atoms with Crippen LogP contribution in [0.1, 0.15) is 17.2 Å². The minimum absolute atomic E-state index is 0.382. The third kappa shape index (κ3) is 3.29. The van der Waals surface area contributed by atoms with Gasteiger partial charge in [-0.2, -0.15) is 0 Å². The monoisotopic (exact) mass is 395 g/mol. The molecule has 0 radical (unpaired) electrons. The molecular weight excluding hydrogens is 381 g/mol. The van der Waals surface area contributed by atoms with Crippen molar-refractivity contribution in [3.63, 3.8) is 0 Å². The maximum atomic E-state index is 12.3. The van der Waals surface area contributed by atoms with Crippen LogP contribution in [0.15, 0.2) is 66.9 Å². The number of hydrogen-bond donors (Lipinski definition) is 2. The van der Waals surface area contributed by atoms with Crippen LogP contribution < -0.4 is 5.73 Å². The summed E-state index contributed by atoms with van der Waals surface area (Å²) in [5.41, 5.74) is 9.39. The van der Waals surface area contributed by atoms with Crippen molar-refractivity contribution in [1.82, 2.24) is 9.97 Å². The van der Waals surface area contributed by atoms with E-state index in [1.807, 2.05) is 42.6 Å². The first-order chi connectivity index (χ1) is 13.0. The molecule has 0 aliphatic rings. The highest BCUT2D eigenvalue weighted by Gasteiger charge is 2.26. The zero-order chi connectivity index (χ0) is 19.0. The molecule has 4 nitrogen and oxygen atoms in total. The Labute approximate surface area is 165 Å². The molecule has 6 heteroatoms. The molecule has 0 saturated carbocycles. The molecule has 2 aromatic carbocycles. The highest BCUT2D eigenvalue weighted by Crippen LogP contribution is 2.35. The molecule has 4 aromatic rings. The molecular formula is C21H15Cl2N3O. The number of rotatable bonds is 4. The number of aromatic amines is 1. The number of benzene rings is 2. The molecule has 27 heavy (non-hydrogen) atoms. The van der Waals surface area contributed by atoms with Crippen LogP contribution in [0.5, 0.6) is 0 Å². The topological polar surface area (TPSA) is 71.8 Å². The maximum Gasteiger partial charge on any atom is 0.231 e. The number of primary amides is 1. The predicted molar refractivity (Wildman–Crippen MR) is 109 cm³/mol. The molecule has 0 aliphatic carbocycles. The summed E-state index contributed by atoms with van der Waals surface area (Å²) in [5, 5.41) is 1.85. The number of aromatic nitrogens is 2. The zero-order valence-electron chi connectivity index (χ0n) is 14.1. The average molecular weight is 396 g/mol. The molecule has 1 unspecified atom stereocenters. The lowest BCUT2D eigenvalue weighted by atomic mass is 9.93. The third-order valence-corrected chi connectivity index (χ3v) is 5.15. The number of carbonyl (C=O) groups is 1. The first kappa shape index (κ1) is 17.6. The van der Waals surface area contributed by atoms with Crippen molar-refractivity contribution in [2.24, 2.45) is 5.73 Å². The van der Waals surface area contributed by atoms with Crippen molar-refractivity contribution in [1.29, 1.82) is 0 Å². The molecule has 2 aromatic heterocycles. The fourth-order valence-electron chi connectivity index (χ4n) is 3.21. The lowest BCUT2D eigenvalue weighted by Crippen LogP contribution is -2.24. The molecule has 0 fully saturated rings. The first-order valence-electron chi connectivity index (χ1n) is 8.32. The van der Waals surface area contributed by atoms with Crippen molar-refractivity contribution >= 4 is 40.0 Å². The molecule has 0 aliphatic heterocycles. The predicted octanol–water partition coefficient (Wildman–Crippen LogP) is 5.15.